The standard InChI is InChI=1S/C7H9F3/c1-3-4-6(9)7(10)5(2)8/h3,5H,1,4H2,2H3. The lowest BCUT2D eigenvalue weighted by Gasteiger charge is -1.97. The minimum Gasteiger partial charge on any atom is -0.240 e. The fourth-order valence-electron chi connectivity index (χ4n) is 0.440. The summed E-state index contributed by atoms with van der Waals surface area (Å²) in [6.45, 7) is 4.12. The lowest BCUT2D eigenvalue weighted by atomic mass is 10.3. The van der Waals surface area contributed by atoms with Gasteiger partial charge >= 0.3 is 0 Å². The summed E-state index contributed by atoms with van der Waals surface area (Å²) in [5.74, 6) is -2.41. The largest absolute Gasteiger partial charge is 0.240 e. The molecular formula is C7H9F3. The van der Waals surface area contributed by atoms with Crippen LogP contribution in [-0.2, 0) is 0 Å². The van der Waals surface area contributed by atoms with Gasteiger partial charge < -0.3 is 0 Å². The van der Waals surface area contributed by atoms with Crippen molar-refractivity contribution >= 4 is 0 Å². The normalized spacial score (nSPS) is 16.0. The molecule has 1 unspecified atom stereocenters. The van der Waals surface area contributed by atoms with Gasteiger partial charge in [0, 0.05) is 6.42 Å². The van der Waals surface area contributed by atoms with Crippen molar-refractivity contribution < 1.29 is 13.2 Å². The zero-order chi connectivity index (χ0) is 8.15. The Bertz CT molecular complexity index is 147. The average molecular weight is 150 g/mol. The van der Waals surface area contributed by atoms with E-state index >= 15 is 0 Å². The van der Waals surface area contributed by atoms with Crippen LogP contribution < -0.4 is 0 Å². The Morgan fingerprint density at radius 2 is 2.10 bits per heavy atom. The summed E-state index contributed by atoms with van der Waals surface area (Å²) in [6.07, 6.45) is -0.933. The van der Waals surface area contributed by atoms with Crippen LogP contribution in [0.3, 0.4) is 0 Å². The van der Waals surface area contributed by atoms with Gasteiger partial charge in [-0.2, -0.15) is 0 Å². The highest BCUT2D eigenvalue weighted by atomic mass is 19.2. The van der Waals surface area contributed by atoms with E-state index < -0.39 is 17.8 Å². The van der Waals surface area contributed by atoms with Crippen molar-refractivity contribution in [3.63, 3.8) is 0 Å². The summed E-state index contributed by atoms with van der Waals surface area (Å²) in [5.41, 5.74) is 0. The quantitative estimate of drug-likeness (QED) is 0.542. The van der Waals surface area contributed by atoms with Crippen molar-refractivity contribution in [2.45, 2.75) is 19.5 Å². The van der Waals surface area contributed by atoms with E-state index in [-0.39, 0.29) is 6.42 Å². The fraction of sp³-hybridized carbons (Fsp3) is 0.429. The van der Waals surface area contributed by atoms with Gasteiger partial charge in [-0.3, -0.25) is 0 Å². The predicted octanol–water partition coefficient (Wildman–Crippen LogP) is 3.07. The summed E-state index contributed by atoms with van der Waals surface area (Å²) in [6, 6.07) is 0. The van der Waals surface area contributed by atoms with Crippen LogP contribution in [0.25, 0.3) is 0 Å². The minimum atomic E-state index is -1.86. The molecule has 0 N–H and O–H groups in total. The molecule has 0 radical (unpaired) electrons. The maximum atomic E-state index is 12.2. The van der Waals surface area contributed by atoms with Crippen molar-refractivity contribution in [1.29, 1.82) is 0 Å². The van der Waals surface area contributed by atoms with E-state index in [1.165, 1.54) is 6.08 Å². The number of rotatable bonds is 3. The van der Waals surface area contributed by atoms with Crippen molar-refractivity contribution in [2.75, 3.05) is 0 Å². The molecule has 10 heavy (non-hydrogen) atoms. The molecule has 0 bridgehead atoms. The number of hydrogen-bond donors (Lipinski definition) is 0. The highest BCUT2D eigenvalue weighted by molar-refractivity contribution is 5.06. The zero-order valence-corrected chi connectivity index (χ0v) is 5.70. The van der Waals surface area contributed by atoms with Crippen LogP contribution in [0.2, 0.25) is 0 Å². The SMILES string of the molecule is C=CCC(F)=C(F)C(C)F. The second kappa shape index (κ2) is 4.14. The molecule has 0 rings (SSSR count). The van der Waals surface area contributed by atoms with E-state index in [2.05, 4.69) is 6.58 Å². The first-order chi connectivity index (χ1) is 4.59. The fourth-order valence-corrected chi connectivity index (χ4v) is 0.440. The predicted molar refractivity (Wildman–Crippen MR) is 34.6 cm³/mol. The highest BCUT2D eigenvalue weighted by Crippen LogP contribution is 2.17. The van der Waals surface area contributed by atoms with E-state index in [1.807, 2.05) is 0 Å². The number of hydrogen-bond acceptors (Lipinski definition) is 0. The molecule has 0 fully saturated rings. The molecule has 0 aliphatic carbocycles. The summed E-state index contributed by atoms with van der Waals surface area (Å²) in [4.78, 5) is 0. The van der Waals surface area contributed by atoms with Crippen LogP contribution in [0, 0.1) is 0 Å². The Morgan fingerprint density at radius 3 is 2.40 bits per heavy atom. The topological polar surface area (TPSA) is 0 Å². The van der Waals surface area contributed by atoms with Gasteiger partial charge in [0.2, 0.25) is 0 Å². The average Bonchev–Trinajstić information content (AvgIpc) is 1.87. The van der Waals surface area contributed by atoms with Crippen LogP contribution in [0.1, 0.15) is 13.3 Å². The van der Waals surface area contributed by atoms with Crippen LogP contribution >= 0.6 is 0 Å². The number of halogens is 3. The first-order valence-corrected chi connectivity index (χ1v) is 2.88. The summed E-state index contributed by atoms with van der Waals surface area (Å²) in [7, 11) is 0. The molecule has 58 valence electrons. The minimum absolute atomic E-state index is 0.250. The second-order valence-corrected chi connectivity index (χ2v) is 1.86. The molecule has 0 amide bonds. The van der Waals surface area contributed by atoms with Gasteiger partial charge in [-0.25, -0.2) is 13.2 Å². The van der Waals surface area contributed by atoms with Gasteiger partial charge in [0.25, 0.3) is 0 Å². The van der Waals surface area contributed by atoms with Gasteiger partial charge in [0.05, 0.1) is 0 Å². The maximum Gasteiger partial charge on any atom is 0.165 e. The van der Waals surface area contributed by atoms with E-state index in [0.29, 0.717) is 0 Å². The first kappa shape index (κ1) is 9.27. The zero-order valence-electron chi connectivity index (χ0n) is 5.70. The number of allylic oxidation sites excluding steroid dienone is 3. The number of alkyl halides is 1. The smallest absolute Gasteiger partial charge is 0.165 e. The Hall–Kier alpha value is -0.730. The Balaban J connectivity index is 4.18. The molecule has 0 nitrogen and oxygen atoms in total. The molecule has 0 aromatic rings. The molecule has 0 aliphatic rings. The molecule has 0 aliphatic heterocycles. The third kappa shape index (κ3) is 2.71. The molecule has 0 spiro atoms. The summed E-state index contributed by atoms with van der Waals surface area (Å²) in [5, 5.41) is 0. The summed E-state index contributed by atoms with van der Waals surface area (Å²) < 4.78 is 36.4. The Kier molecular flexibility index (Phi) is 3.84. The van der Waals surface area contributed by atoms with Crippen molar-refractivity contribution in [2.24, 2.45) is 0 Å². The third-order valence-electron chi connectivity index (χ3n) is 0.932. The van der Waals surface area contributed by atoms with E-state index in [4.69, 9.17) is 0 Å². The molecule has 1 atom stereocenters. The molecule has 0 saturated carbocycles. The Morgan fingerprint density at radius 1 is 1.60 bits per heavy atom. The van der Waals surface area contributed by atoms with Crippen LogP contribution in [-0.4, -0.2) is 6.17 Å². The lowest BCUT2D eigenvalue weighted by molar-refractivity contribution is 0.331. The molecule has 0 saturated heterocycles. The van der Waals surface area contributed by atoms with E-state index in [1.54, 1.807) is 0 Å². The van der Waals surface area contributed by atoms with Gasteiger partial charge in [0.15, 0.2) is 12.0 Å². The van der Waals surface area contributed by atoms with Crippen molar-refractivity contribution in [3.8, 4) is 0 Å². The van der Waals surface area contributed by atoms with E-state index in [0.717, 1.165) is 6.92 Å². The van der Waals surface area contributed by atoms with Crippen molar-refractivity contribution in [3.05, 3.63) is 24.3 Å². The van der Waals surface area contributed by atoms with Crippen LogP contribution in [0.4, 0.5) is 13.2 Å². The third-order valence-corrected chi connectivity index (χ3v) is 0.932. The first-order valence-electron chi connectivity index (χ1n) is 2.88. The second-order valence-electron chi connectivity index (χ2n) is 1.86. The Labute approximate surface area is 58.0 Å². The summed E-state index contributed by atoms with van der Waals surface area (Å²) >= 11 is 0. The lowest BCUT2D eigenvalue weighted by Crippen LogP contribution is -1.94. The van der Waals surface area contributed by atoms with E-state index in [9.17, 15) is 13.2 Å². The maximum absolute atomic E-state index is 12.2. The molecule has 0 heterocycles. The monoisotopic (exact) mass is 150 g/mol. The molecule has 0 aromatic carbocycles. The van der Waals surface area contributed by atoms with Gasteiger partial charge in [-0.15, -0.1) is 6.58 Å². The molecular weight excluding hydrogens is 141 g/mol. The van der Waals surface area contributed by atoms with Gasteiger partial charge in [0.1, 0.15) is 5.83 Å². The van der Waals surface area contributed by atoms with Crippen molar-refractivity contribution in [1.82, 2.24) is 0 Å². The molecule has 0 aromatic heterocycles. The highest BCUT2D eigenvalue weighted by Gasteiger charge is 2.11. The molecule has 3 heteroatoms. The van der Waals surface area contributed by atoms with Gasteiger partial charge in [-0.05, 0) is 6.92 Å². The van der Waals surface area contributed by atoms with Crippen LogP contribution in [0.5, 0.6) is 0 Å². The van der Waals surface area contributed by atoms with Gasteiger partial charge in [-0.1, -0.05) is 6.08 Å². The van der Waals surface area contributed by atoms with Crippen LogP contribution in [0.15, 0.2) is 24.3 Å².